The lowest BCUT2D eigenvalue weighted by Gasteiger charge is -2.18. The molecule has 1 unspecified atom stereocenters. The Labute approximate surface area is 136 Å². The Hall–Kier alpha value is -2.36. The predicted molar refractivity (Wildman–Crippen MR) is 88.6 cm³/mol. The zero-order chi connectivity index (χ0) is 16.3. The van der Waals surface area contributed by atoms with Gasteiger partial charge in [-0.1, -0.05) is 31.7 Å². The van der Waals surface area contributed by atoms with Gasteiger partial charge in [0, 0.05) is 29.0 Å². The average molecular weight is 314 g/mol. The zero-order valence-corrected chi connectivity index (χ0v) is 12.7. The van der Waals surface area contributed by atoms with E-state index in [1.54, 1.807) is 24.3 Å². The Morgan fingerprint density at radius 3 is 2.22 bits per heavy atom. The minimum atomic E-state index is -0.405. The normalized spacial score (nSPS) is 14.4. The van der Waals surface area contributed by atoms with Crippen LogP contribution in [0.1, 0.15) is 61.3 Å². The van der Waals surface area contributed by atoms with Gasteiger partial charge in [0.1, 0.15) is 11.6 Å². The number of carbonyl (C=O) groups excluding carboxylic acids is 4. The summed E-state index contributed by atoms with van der Waals surface area (Å²) in [7, 11) is 0. The lowest BCUT2D eigenvalue weighted by atomic mass is 9.83. The van der Waals surface area contributed by atoms with E-state index in [0.29, 0.717) is 29.5 Å². The molecule has 0 spiro atoms. The van der Waals surface area contributed by atoms with E-state index in [1.807, 2.05) is 0 Å². The van der Waals surface area contributed by atoms with E-state index in [0.717, 1.165) is 0 Å². The van der Waals surface area contributed by atoms with Gasteiger partial charge in [0.2, 0.25) is 0 Å². The Bertz CT molecular complexity index is 682. The zero-order valence-electron chi connectivity index (χ0n) is 12.7. The molecular weight excluding hydrogens is 292 g/mol. The maximum absolute atomic E-state index is 12.5. The van der Waals surface area contributed by atoms with Crippen LogP contribution in [0.4, 0.5) is 0 Å². The largest absolute Gasteiger partial charge is 0.300 e. The van der Waals surface area contributed by atoms with Crippen molar-refractivity contribution in [1.82, 2.24) is 0 Å². The van der Waals surface area contributed by atoms with Crippen molar-refractivity contribution in [3.05, 3.63) is 47.0 Å². The Morgan fingerprint density at radius 1 is 1.04 bits per heavy atom. The Kier molecular flexibility index (Phi) is 6.31. The molecule has 1 aromatic rings. The van der Waals surface area contributed by atoms with Crippen LogP contribution in [-0.4, -0.2) is 23.1 Å². The molecule has 2 rings (SSSR count). The predicted octanol–water partition coefficient (Wildman–Crippen LogP) is 3.59. The molecule has 0 saturated carbocycles. The summed E-state index contributed by atoms with van der Waals surface area (Å²) in [5, 5.41) is 0. The summed E-state index contributed by atoms with van der Waals surface area (Å²) in [6.07, 6.45) is 2.25. The summed E-state index contributed by atoms with van der Waals surface area (Å²) in [6, 6.07) is 6.68. The van der Waals surface area contributed by atoms with Gasteiger partial charge in [-0.2, -0.15) is 0 Å². The molecule has 23 heavy (non-hydrogen) atoms. The lowest BCUT2D eigenvalue weighted by molar-refractivity contribution is -0.121. The summed E-state index contributed by atoms with van der Waals surface area (Å²) in [4.78, 5) is 47.4. The van der Waals surface area contributed by atoms with Gasteiger partial charge in [-0.3, -0.25) is 14.4 Å². The first-order chi connectivity index (χ1) is 10.4. The third-order valence-corrected chi connectivity index (χ3v) is 3.92. The first kappa shape index (κ1) is 18.7. The minimum Gasteiger partial charge on any atom is -0.300 e. The van der Waals surface area contributed by atoms with Gasteiger partial charge in [-0.05, 0) is 32.8 Å². The van der Waals surface area contributed by atoms with Crippen LogP contribution < -0.4 is 0 Å². The fourth-order valence-electron chi connectivity index (χ4n) is 2.61. The second kappa shape index (κ2) is 7.77. The number of benzene rings is 1. The molecule has 0 saturated heterocycles. The van der Waals surface area contributed by atoms with Crippen LogP contribution in [0, 0.1) is 5.92 Å². The van der Waals surface area contributed by atoms with Crippen LogP contribution in [0.3, 0.4) is 0 Å². The molecular formula is C19H22O4. The smallest absolute Gasteiger partial charge is 0.189 e. The molecule has 1 aromatic carbocycles. The van der Waals surface area contributed by atoms with Gasteiger partial charge in [-0.15, -0.1) is 0 Å². The van der Waals surface area contributed by atoms with Crippen molar-refractivity contribution in [2.75, 3.05) is 0 Å². The van der Waals surface area contributed by atoms with Crippen LogP contribution in [0.5, 0.6) is 0 Å². The first-order valence-corrected chi connectivity index (χ1v) is 7.28. The molecule has 0 aliphatic heterocycles. The first-order valence-electron chi connectivity index (χ1n) is 7.28. The quantitative estimate of drug-likeness (QED) is 0.804. The van der Waals surface area contributed by atoms with Crippen LogP contribution in [0.15, 0.2) is 35.9 Å². The van der Waals surface area contributed by atoms with E-state index in [9.17, 15) is 19.2 Å². The number of carbonyl (C=O) groups is 4. The summed E-state index contributed by atoms with van der Waals surface area (Å²) < 4.78 is 0. The number of hydrogen-bond donors (Lipinski definition) is 0. The molecule has 1 aliphatic carbocycles. The van der Waals surface area contributed by atoms with Crippen LogP contribution in [-0.2, 0) is 9.59 Å². The number of ketones is 4. The molecule has 1 aliphatic rings. The highest BCUT2D eigenvalue weighted by Gasteiger charge is 2.28. The molecule has 4 heteroatoms. The number of fused-ring (bicyclic) bond motifs is 1. The number of Topliss-reactive ketones (excluding diaryl/α,β-unsaturated/α-hetero) is 3. The Morgan fingerprint density at radius 2 is 1.65 bits per heavy atom. The van der Waals surface area contributed by atoms with Crippen LogP contribution >= 0.6 is 0 Å². The lowest BCUT2D eigenvalue weighted by Crippen LogP contribution is -2.21. The molecule has 0 amide bonds. The van der Waals surface area contributed by atoms with Crippen molar-refractivity contribution < 1.29 is 19.2 Å². The molecule has 0 bridgehead atoms. The minimum absolute atomic E-state index is 0. The van der Waals surface area contributed by atoms with Crippen LogP contribution in [0.25, 0.3) is 0 Å². The van der Waals surface area contributed by atoms with Gasteiger partial charge in [-0.25, -0.2) is 0 Å². The van der Waals surface area contributed by atoms with Crippen molar-refractivity contribution in [1.29, 1.82) is 0 Å². The van der Waals surface area contributed by atoms with E-state index < -0.39 is 5.92 Å². The fourth-order valence-corrected chi connectivity index (χ4v) is 2.61. The third-order valence-electron chi connectivity index (χ3n) is 3.92. The standard InChI is InChI=1S/C18H18O4.CH4/c1-11(19)7-8-13(12(2)20)9-14-10-17(21)15-5-3-4-6-16(15)18(14)22;/h3-6,10,13H,7-9H2,1-2H3;1H4. The second-order valence-electron chi connectivity index (χ2n) is 5.66. The summed E-state index contributed by atoms with van der Waals surface area (Å²) in [5.41, 5.74) is 1.14. The van der Waals surface area contributed by atoms with Crippen LogP contribution in [0.2, 0.25) is 0 Å². The molecule has 122 valence electrons. The van der Waals surface area contributed by atoms with Gasteiger partial charge >= 0.3 is 0 Å². The topological polar surface area (TPSA) is 68.3 Å². The highest BCUT2D eigenvalue weighted by atomic mass is 16.1. The number of hydrogen-bond acceptors (Lipinski definition) is 4. The van der Waals surface area contributed by atoms with Crippen molar-refractivity contribution in [2.45, 2.75) is 40.5 Å². The van der Waals surface area contributed by atoms with E-state index in [2.05, 4.69) is 0 Å². The van der Waals surface area contributed by atoms with E-state index in [4.69, 9.17) is 0 Å². The van der Waals surface area contributed by atoms with Crippen molar-refractivity contribution >= 4 is 23.1 Å². The third kappa shape index (κ3) is 4.31. The monoisotopic (exact) mass is 314 g/mol. The molecule has 0 heterocycles. The summed E-state index contributed by atoms with van der Waals surface area (Å²) in [6.45, 7) is 2.93. The van der Waals surface area contributed by atoms with Gasteiger partial charge in [0.15, 0.2) is 11.6 Å². The summed E-state index contributed by atoms with van der Waals surface area (Å²) in [5.74, 6) is -0.876. The van der Waals surface area contributed by atoms with Crippen molar-refractivity contribution in [3.63, 3.8) is 0 Å². The highest BCUT2D eigenvalue weighted by Crippen LogP contribution is 2.27. The van der Waals surface area contributed by atoms with Gasteiger partial charge in [0.25, 0.3) is 0 Å². The van der Waals surface area contributed by atoms with E-state index in [1.165, 1.54) is 19.9 Å². The average Bonchev–Trinajstić information content (AvgIpc) is 2.47. The van der Waals surface area contributed by atoms with Crippen molar-refractivity contribution in [3.8, 4) is 0 Å². The number of rotatable bonds is 6. The van der Waals surface area contributed by atoms with Gasteiger partial charge in [0.05, 0.1) is 0 Å². The summed E-state index contributed by atoms with van der Waals surface area (Å²) >= 11 is 0. The van der Waals surface area contributed by atoms with E-state index >= 15 is 0 Å². The maximum atomic E-state index is 12.5. The second-order valence-corrected chi connectivity index (χ2v) is 5.66. The Balaban J connectivity index is 0.00000264. The molecule has 0 fully saturated rings. The molecule has 4 nitrogen and oxygen atoms in total. The van der Waals surface area contributed by atoms with Crippen molar-refractivity contribution in [2.24, 2.45) is 5.92 Å². The van der Waals surface area contributed by atoms with Gasteiger partial charge < -0.3 is 4.79 Å². The maximum Gasteiger partial charge on any atom is 0.189 e. The molecule has 0 radical (unpaired) electrons. The molecule has 0 N–H and O–H groups in total. The number of allylic oxidation sites excluding steroid dienone is 2. The van der Waals surface area contributed by atoms with E-state index in [-0.39, 0.29) is 37.0 Å². The fraction of sp³-hybridized carbons (Fsp3) is 0.368. The highest BCUT2D eigenvalue weighted by molar-refractivity contribution is 6.24. The molecule has 1 atom stereocenters. The SMILES string of the molecule is C.CC(=O)CCC(CC1=CC(=O)c2ccccc2C1=O)C(C)=O. The molecule has 0 aromatic heterocycles.